The van der Waals surface area contributed by atoms with Crippen molar-refractivity contribution in [1.29, 1.82) is 0 Å². The van der Waals surface area contributed by atoms with Gasteiger partial charge in [0.1, 0.15) is 6.61 Å². The number of thioether (sulfide) groups is 1. The third kappa shape index (κ3) is 5.75. The third-order valence-corrected chi connectivity index (χ3v) is 2.99. The summed E-state index contributed by atoms with van der Waals surface area (Å²) in [5.41, 5.74) is 1.07. The minimum atomic E-state index is -0.0398. The molecule has 1 amide bonds. The molecule has 94 valence electrons. The summed E-state index contributed by atoms with van der Waals surface area (Å²) in [5.74, 6) is 1.00. The summed E-state index contributed by atoms with van der Waals surface area (Å²) in [6, 6.07) is 9.86. The molecule has 0 heterocycles. The molecule has 0 aliphatic rings. The number of rotatable bonds is 7. The Morgan fingerprint density at radius 1 is 1.35 bits per heavy atom. The highest BCUT2D eigenvalue weighted by Gasteiger charge is 2.08. The maximum absolute atomic E-state index is 11.4. The van der Waals surface area contributed by atoms with Crippen LogP contribution in [0.4, 0.5) is 0 Å². The Morgan fingerprint density at radius 2 is 2.06 bits per heavy atom. The number of benzene rings is 1. The smallest absolute Gasteiger partial charge is 0.243 e. The minimum absolute atomic E-state index is 0.0398. The van der Waals surface area contributed by atoms with Crippen molar-refractivity contribution in [1.82, 2.24) is 5.06 Å². The zero-order chi connectivity index (χ0) is 12.5. The van der Waals surface area contributed by atoms with Crippen molar-refractivity contribution in [2.24, 2.45) is 0 Å². The van der Waals surface area contributed by atoms with Crippen LogP contribution >= 0.6 is 11.8 Å². The molecule has 0 spiro atoms. The van der Waals surface area contributed by atoms with Gasteiger partial charge < -0.3 is 0 Å². The molecule has 0 aliphatic carbocycles. The summed E-state index contributed by atoms with van der Waals surface area (Å²) in [5, 5.41) is 1.45. The summed E-state index contributed by atoms with van der Waals surface area (Å²) in [7, 11) is 0. The summed E-state index contributed by atoms with van der Waals surface area (Å²) >= 11 is 1.78. The van der Waals surface area contributed by atoms with E-state index < -0.39 is 0 Å². The molecule has 0 fully saturated rings. The van der Waals surface area contributed by atoms with Gasteiger partial charge in [-0.25, -0.2) is 5.06 Å². The summed E-state index contributed by atoms with van der Waals surface area (Å²) in [4.78, 5) is 16.9. The molecule has 0 saturated carbocycles. The van der Waals surface area contributed by atoms with Crippen LogP contribution in [0.2, 0.25) is 0 Å². The normalized spacial score (nSPS) is 10.2. The van der Waals surface area contributed by atoms with E-state index in [9.17, 15) is 4.79 Å². The molecule has 0 unspecified atom stereocenters. The van der Waals surface area contributed by atoms with Crippen LogP contribution in [0.5, 0.6) is 0 Å². The quantitative estimate of drug-likeness (QED) is 0.553. The van der Waals surface area contributed by atoms with Crippen molar-refractivity contribution in [3.8, 4) is 0 Å². The topological polar surface area (TPSA) is 29.5 Å². The van der Waals surface area contributed by atoms with Gasteiger partial charge >= 0.3 is 0 Å². The highest BCUT2D eigenvalue weighted by Crippen LogP contribution is 2.05. The van der Waals surface area contributed by atoms with Crippen molar-refractivity contribution in [3.05, 3.63) is 35.9 Å². The fourth-order valence-corrected chi connectivity index (χ4v) is 1.81. The van der Waals surface area contributed by atoms with Crippen LogP contribution in [-0.2, 0) is 16.2 Å². The largest absolute Gasteiger partial charge is 0.273 e. The monoisotopic (exact) mass is 253 g/mol. The molecule has 0 atom stereocenters. The first-order valence-electron chi connectivity index (χ1n) is 5.68. The van der Waals surface area contributed by atoms with Crippen molar-refractivity contribution in [2.45, 2.75) is 20.0 Å². The van der Waals surface area contributed by atoms with Crippen molar-refractivity contribution in [3.63, 3.8) is 0 Å². The predicted octanol–water partition coefficient (Wildman–Crippen LogP) is 2.72. The van der Waals surface area contributed by atoms with Gasteiger partial charge in [-0.2, -0.15) is 11.8 Å². The van der Waals surface area contributed by atoms with Gasteiger partial charge in [-0.1, -0.05) is 30.3 Å². The molecule has 0 radical (unpaired) electrons. The second-order valence-electron chi connectivity index (χ2n) is 3.73. The van der Waals surface area contributed by atoms with Crippen LogP contribution in [0.3, 0.4) is 0 Å². The van der Waals surface area contributed by atoms with E-state index in [1.54, 1.807) is 11.8 Å². The molecule has 0 N–H and O–H groups in total. The Bertz CT molecular complexity index is 329. The van der Waals surface area contributed by atoms with Gasteiger partial charge in [-0.05, 0) is 24.0 Å². The fraction of sp³-hybridized carbons (Fsp3) is 0.462. The SMILES string of the molecule is CSCCCN(OCc1ccccc1)C(C)=O. The van der Waals surface area contributed by atoms with Crippen LogP contribution in [0.1, 0.15) is 18.9 Å². The third-order valence-electron chi connectivity index (χ3n) is 2.29. The lowest BCUT2D eigenvalue weighted by atomic mass is 10.2. The first-order valence-corrected chi connectivity index (χ1v) is 7.07. The molecular formula is C13H19NO2S. The van der Waals surface area contributed by atoms with Crippen molar-refractivity contribution < 1.29 is 9.63 Å². The lowest BCUT2D eigenvalue weighted by Crippen LogP contribution is -2.30. The van der Waals surface area contributed by atoms with E-state index in [2.05, 4.69) is 6.26 Å². The molecule has 1 aromatic carbocycles. The summed E-state index contributed by atoms with van der Waals surface area (Å²) in [6.07, 6.45) is 3.01. The van der Waals surface area contributed by atoms with Crippen LogP contribution < -0.4 is 0 Å². The van der Waals surface area contributed by atoms with Gasteiger partial charge in [-0.15, -0.1) is 0 Å². The number of carbonyl (C=O) groups is 1. The zero-order valence-electron chi connectivity index (χ0n) is 10.4. The van der Waals surface area contributed by atoms with E-state index in [4.69, 9.17) is 4.84 Å². The second-order valence-corrected chi connectivity index (χ2v) is 4.71. The number of carbonyl (C=O) groups excluding carboxylic acids is 1. The lowest BCUT2D eigenvalue weighted by molar-refractivity contribution is -0.189. The lowest BCUT2D eigenvalue weighted by Gasteiger charge is -2.20. The molecular weight excluding hydrogens is 234 g/mol. The maximum atomic E-state index is 11.4. The number of hydrogen-bond acceptors (Lipinski definition) is 3. The average molecular weight is 253 g/mol. The highest BCUT2D eigenvalue weighted by atomic mass is 32.2. The molecule has 0 saturated heterocycles. The molecule has 1 rings (SSSR count). The van der Waals surface area contributed by atoms with Gasteiger partial charge in [-0.3, -0.25) is 9.63 Å². The second kappa shape index (κ2) is 8.14. The Labute approximate surface area is 107 Å². The molecule has 0 bridgehead atoms. The molecule has 0 aromatic heterocycles. The van der Waals surface area contributed by atoms with Crippen LogP contribution in [-0.4, -0.2) is 29.5 Å². The first-order chi connectivity index (χ1) is 8.24. The Hall–Kier alpha value is -1.00. The van der Waals surface area contributed by atoms with Gasteiger partial charge in [0, 0.05) is 13.5 Å². The standard InChI is InChI=1S/C13H19NO2S/c1-12(15)14(9-6-10-17-2)16-11-13-7-4-3-5-8-13/h3-5,7-8H,6,9-11H2,1-2H3. The van der Waals surface area contributed by atoms with Gasteiger partial charge in [0.05, 0.1) is 0 Å². The fourth-order valence-electron chi connectivity index (χ4n) is 1.39. The molecule has 17 heavy (non-hydrogen) atoms. The Kier molecular flexibility index (Phi) is 6.74. The summed E-state index contributed by atoms with van der Waals surface area (Å²) < 4.78 is 0. The van der Waals surface area contributed by atoms with Gasteiger partial charge in [0.15, 0.2) is 0 Å². The van der Waals surface area contributed by atoms with Gasteiger partial charge in [0.2, 0.25) is 5.91 Å². The zero-order valence-corrected chi connectivity index (χ0v) is 11.2. The molecule has 4 heteroatoms. The minimum Gasteiger partial charge on any atom is -0.273 e. The summed E-state index contributed by atoms with van der Waals surface area (Å²) in [6.45, 7) is 2.63. The van der Waals surface area contributed by atoms with E-state index in [1.165, 1.54) is 12.0 Å². The molecule has 0 aliphatic heterocycles. The number of amides is 1. The number of hydrogen-bond donors (Lipinski definition) is 0. The van der Waals surface area contributed by atoms with E-state index in [1.807, 2.05) is 30.3 Å². The van der Waals surface area contributed by atoms with E-state index in [0.717, 1.165) is 17.7 Å². The van der Waals surface area contributed by atoms with Crippen LogP contribution in [0.25, 0.3) is 0 Å². The van der Waals surface area contributed by atoms with E-state index in [-0.39, 0.29) is 5.91 Å². The number of hydroxylamine groups is 2. The van der Waals surface area contributed by atoms with Gasteiger partial charge in [0.25, 0.3) is 0 Å². The number of nitrogens with zero attached hydrogens (tertiary/aromatic N) is 1. The molecule has 1 aromatic rings. The van der Waals surface area contributed by atoms with E-state index in [0.29, 0.717) is 13.2 Å². The van der Waals surface area contributed by atoms with E-state index >= 15 is 0 Å². The Balaban J connectivity index is 2.36. The van der Waals surface area contributed by atoms with Crippen LogP contribution in [0, 0.1) is 0 Å². The maximum Gasteiger partial charge on any atom is 0.243 e. The molecule has 3 nitrogen and oxygen atoms in total. The average Bonchev–Trinajstić information content (AvgIpc) is 2.34. The first kappa shape index (κ1) is 14.1. The predicted molar refractivity (Wildman–Crippen MR) is 71.6 cm³/mol. The van der Waals surface area contributed by atoms with Crippen LogP contribution in [0.15, 0.2) is 30.3 Å². The van der Waals surface area contributed by atoms with Crippen molar-refractivity contribution >= 4 is 17.7 Å². The van der Waals surface area contributed by atoms with Crippen molar-refractivity contribution in [2.75, 3.05) is 18.6 Å². The Morgan fingerprint density at radius 3 is 2.65 bits per heavy atom. The highest BCUT2D eigenvalue weighted by molar-refractivity contribution is 7.98.